The smallest absolute Gasteiger partial charge is 0.173 e. The minimum absolute atomic E-state index is 1.02. The largest absolute Gasteiger partial charge is 0.449 e. The Morgan fingerprint density at radius 2 is 2.30 bits per heavy atom. The monoisotopic (exact) mass is 132 g/mol. The first-order chi connectivity index (χ1) is 4.83. The molecule has 0 radical (unpaired) electrons. The van der Waals surface area contributed by atoms with Gasteiger partial charge >= 0.3 is 0 Å². The van der Waals surface area contributed by atoms with E-state index in [4.69, 9.17) is 4.74 Å². The summed E-state index contributed by atoms with van der Waals surface area (Å²) in [5.74, 6) is 2.06. The van der Waals surface area contributed by atoms with Gasteiger partial charge in [0, 0.05) is 5.56 Å². The van der Waals surface area contributed by atoms with Crippen molar-refractivity contribution in [3.05, 3.63) is 29.8 Å². The van der Waals surface area contributed by atoms with E-state index in [0.29, 0.717) is 0 Å². The molecule has 0 saturated heterocycles. The van der Waals surface area contributed by atoms with Crippen molar-refractivity contribution in [1.82, 2.24) is 0 Å². The highest BCUT2D eigenvalue weighted by Crippen LogP contribution is 2.48. The summed E-state index contributed by atoms with van der Waals surface area (Å²) >= 11 is 0. The highest BCUT2D eigenvalue weighted by molar-refractivity contribution is 5.67. The molecule has 0 saturated carbocycles. The maximum atomic E-state index is 5.16. The van der Waals surface area contributed by atoms with Crippen molar-refractivity contribution in [3.8, 4) is 11.5 Å². The van der Waals surface area contributed by atoms with Crippen LogP contribution >= 0.6 is 0 Å². The van der Waals surface area contributed by atoms with Gasteiger partial charge in [-0.3, -0.25) is 0 Å². The van der Waals surface area contributed by atoms with Crippen LogP contribution in [0.4, 0.5) is 0 Å². The Balaban J connectivity index is 2.64. The zero-order valence-corrected chi connectivity index (χ0v) is 5.85. The predicted molar refractivity (Wildman–Crippen MR) is 41.3 cm³/mol. The maximum Gasteiger partial charge on any atom is 0.173 e. The summed E-state index contributed by atoms with van der Waals surface area (Å²) < 4.78 is 5.16. The molecule has 0 fully saturated rings. The van der Waals surface area contributed by atoms with Gasteiger partial charge in [0.2, 0.25) is 0 Å². The highest BCUT2D eigenvalue weighted by Gasteiger charge is 2.22. The van der Waals surface area contributed by atoms with E-state index in [1.165, 1.54) is 5.56 Å². The van der Waals surface area contributed by atoms with Crippen molar-refractivity contribution < 1.29 is 4.74 Å². The second kappa shape index (κ2) is 1.63. The number of hydrogen-bond acceptors (Lipinski definition) is 1. The Morgan fingerprint density at radius 1 is 1.50 bits per heavy atom. The van der Waals surface area contributed by atoms with E-state index in [0.717, 1.165) is 17.1 Å². The van der Waals surface area contributed by atoms with Crippen LogP contribution in [0.2, 0.25) is 0 Å². The molecule has 0 bridgehead atoms. The van der Waals surface area contributed by atoms with Gasteiger partial charge in [0.05, 0.1) is 0 Å². The van der Waals surface area contributed by atoms with Crippen LogP contribution < -0.4 is 4.74 Å². The minimum Gasteiger partial charge on any atom is -0.449 e. The molecule has 2 rings (SSSR count). The van der Waals surface area contributed by atoms with E-state index < -0.39 is 0 Å². The quantitative estimate of drug-likeness (QED) is 0.543. The van der Waals surface area contributed by atoms with Gasteiger partial charge in [-0.2, -0.15) is 0 Å². The minimum atomic E-state index is 1.02. The molecule has 0 spiro atoms. The third-order valence-corrected chi connectivity index (χ3v) is 1.80. The van der Waals surface area contributed by atoms with E-state index in [1.807, 2.05) is 25.1 Å². The number of ether oxygens (including phenoxy) is 1. The Bertz CT molecular complexity index is 300. The van der Waals surface area contributed by atoms with Gasteiger partial charge < -0.3 is 4.74 Å². The van der Waals surface area contributed by atoms with E-state index >= 15 is 0 Å². The zero-order chi connectivity index (χ0) is 7.14. The fourth-order valence-corrected chi connectivity index (χ4v) is 1.10. The summed E-state index contributed by atoms with van der Waals surface area (Å²) in [6.07, 6.45) is 1.84. The van der Waals surface area contributed by atoms with E-state index in [9.17, 15) is 0 Å². The molecule has 1 aliphatic heterocycles. The zero-order valence-electron chi connectivity index (χ0n) is 5.85. The molecule has 10 heavy (non-hydrogen) atoms. The Hall–Kier alpha value is -1.24. The van der Waals surface area contributed by atoms with Crippen molar-refractivity contribution in [1.29, 1.82) is 0 Å². The standard InChI is InChI=1S/C9H8O/c1-3-7-4-5-8-9(10-8)6(7)2/h3-5H,1H2,2H3. The summed E-state index contributed by atoms with van der Waals surface area (Å²) in [4.78, 5) is 0. The van der Waals surface area contributed by atoms with Crippen molar-refractivity contribution >= 4 is 6.08 Å². The van der Waals surface area contributed by atoms with Crippen LogP contribution in [0.3, 0.4) is 0 Å². The number of hydrogen-bond donors (Lipinski definition) is 0. The molecular formula is C9H8O. The molecule has 1 nitrogen and oxygen atoms in total. The lowest BCUT2D eigenvalue weighted by Gasteiger charge is -1.91. The van der Waals surface area contributed by atoms with Crippen molar-refractivity contribution in [3.63, 3.8) is 0 Å². The molecule has 0 atom stereocenters. The number of fused-ring (bicyclic) bond motifs is 1. The Kier molecular flexibility index (Phi) is 0.901. The van der Waals surface area contributed by atoms with E-state index in [2.05, 4.69) is 6.58 Å². The molecule has 1 heteroatoms. The molecule has 0 N–H and O–H groups in total. The predicted octanol–water partition coefficient (Wildman–Crippen LogP) is 2.74. The second-order valence-corrected chi connectivity index (χ2v) is 2.41. The van der Waals surface area contributed by atoms with Crippen molar-refractivity contribution in [2.24, 2.45) is 0 Å². The molecule has 1 heterocycles. The van der Waals surface area contributed by atoms with Crippen LogP contribution in [0, 0.1) is 6.92 Å². The molecule has 1 aromatic rings. The van der Waals surface area contributed by atoms with Gasteiger partial charge in [-0.1, -0.05) is 18.7 Å². The lowest BCUT2D eigenvalue weighted by atomic mass is 10.1. The molecule has 0 amide bonds. The first-order valence-electron chi connectivity index (χ1n) is 3.27. The highest BCUT2D eigenvalue weighted by atomic mass is 16.6. The Labute approximate surface area is 59.9 Å². The summed E-state index contributed by atoms with van der Waals surface area (Å²) in [7, 11) is 0. The van der Waals surface area contributed by atoms with Crippen LogP contribution in [-0.4, -0.2) is 0 Å². The van der Waals surface area contributed by atoms with Crippen LogP contribution in [0.1, 0.15) is 11.1 Å². The molecule has 0 aliphatic carbocycles. The van der Waals surface area contributed by atoms with Crippen LogP contribution in [0.15, 0.2) is 18.7 Å². The lowest BCUT2D eigenvalue weighted by molar-refractivity contribution is 0.646. The van der Waals surface area contributed by atoms with E-state index in [1.54, 1.807) is 0 Å². The first-order valence-corrected chi connectivity index (χ1v) is 3.27. The van der Waals surface area contributed by atoms with Gasteiger partial charge in [-0.05, 0) is 18.6 Å². The normalized spacial score (nSPS) is 11.7. The van der Waals surface area contributed by atoms with Crippen LogP contribution in [-0.2, 0) is 0 Å². The van der Waals surface area contributed by atoms with Crippen molar-refractivity contribution in [2.45, 2.75) is 6.92 Å². The van der Waals surface area contributed by atoms with Gasteiger partial charge in [-0.25, -0.2) is 0 Å². The third-order valence-electron chi connectivity index (χ3n) is 1.80. The topological polar surface area (TPSA) is 12.5 Å². The average molecular weight is 132 g/mol. The fourth-order valence-electron chi connectivity index (χ4n) is 1.10. The Morgan fingerprint density at radius 3 is 3.00 bits per heavy atom. The van der Waals surface area contributed by atoms with E-state index in [-0.39, 0.29) is 0 Å². The summed E-state index contributed by atoms with van der Waals surface area (Å²) in [5.41, 5.74) is 2.36. The molecule has 0 aromatic heterocycles. The lowest BCUT2D eigenvalue weighted by Crippen LogP contribution is -1.72. The molecular weight excluding hydrogens is 124 g/mol. The van der Waals surface area contributed by atoms with Gasteiger partial charge in [0.15, 0.2) is 11.5 Å². The molecule has 1 aromatic carbocycles. The summed E-state index contributed by atoms with van der Waals surface area (Å²) in [6.45, 7) is 5.74. The molecule has 1 aliphatic rings. The average Bonchev–Trinajstić information content (AvgIpc) is 2.68. The summed E-state index contributed by atoms with van der Waals surface area (Å²) in [6, 6.07) is 3.99. The third kappa shape index (κ3) is 0.574. The first kappa shape index (κ1) is 5.54. The second-order valence-electron chi connectivity index (χ2n) is 2.41. The SMILES string of the molecule is C=Cc1ccc2c(c1C)O2. The number of rotatable bonds is 1. The van der Waals surface area contributed by atoms with Crippen LogP contribution in [0.25, 0.3) is 6.08 Å². The van der Waals surface area contributed by atoms with Crippen LogP contribution in [0.5, 0.6) is 11.5 Å². The van der Waals surface area contributed by atoms with Gasteiger partial charge in [0.1, 0.15) is 0 Å². The maximum absolute atomic E-state index is 5.16. The molecule has 0 unspecified atom stereocenters. The van der Waals surface area contributed by atoms with Gasteiger partial charge in [-0.15, -0.1) is 0 Å². The fraction of sp³-hybridized carbons (Fsp3) is 0.111. The summed E-state index contributed by atoms with van der Waals surface area (Å²) in [5, 5.41) is 0. The number of benzene rings is 1. The molecule has 50 valence electrons. The van der Waals surface area contributed by atoms with Gasteiger partial charge in [0.25, 0.3) is 0 Å². The van der Waals surface area contributed by atoms with Crippen molar-refractivity contribution in [2.75, 3.05) is 0 Å².